The lowest BCUT2D eigenvalue weighted by Gasteiger charge is -2.15. The van der Waals surface area contributed by atoms with Crippen molar-refractivity contribution in [2.45, 2.75) is 26.5 Å². The summed E-state index contributed by atoms with van der Waals surface area (Å²) in [5.41, 5.74) is 1.61. The summed E-state index contributed by atoms with van der Waals surface area (Å²) in [6, 6.07) is 14.6. The average molecular weight is 314 g/mol. The number of benzene rings is 2. The van der Waals surface area contributed by atoms with Crippen molar-refractivity contribution in [3.05, 3.63) is 54.1 Å². The summed E-state index contributed by atoms with van der Waals surface area (Å²) in [6.07, 6.45) is 0.0396. The SMILES string of the molecule is COc1cccc(CNC(=O)Nc2ccccc2OC(C)C)c1. The molecular formula is C18H22N2O3. The maximum Gasteiger partial charge on any atom is 0.319 e. The van der Waals surface area contributed by atoms with E-state index >= 15 is 0 Å². The van der Waals surface area contributed by atoms with Crippen molar-refractivity contribution in [1.82, 2.24) is 5.32 Å². The minimum absolute atomic E-state index is 0.0396. The van der Waals surface area contributed by atoms with Crippen molar-refractivity contribution in [3.8, 4) is 11.5 Å². The summed E-state index contributed by atoms with van der Waals surface area (Å²) < 4.78 is 10.8. The van der Waals surface area contributed by atoms with Gasteiger partial charge in [-0.05, 0) is 43.7 Å². The Morgan fingerprint density at radius 1 is 1.13 bits per heavy atom. The van der Waals surface area contributed by atoms with Gasteiger partial charge in [-0.3, -0.25) is 0 Å². The van der Waals surface area contributed by atoms with Crippen LogP contribution >= 0.6 is 0 Å². The molecule has 5 nitrogen and oxygen atoms in total. The summed E-state index contributed by atoms with van der Waals surface area (Å²) in [6.45, 7) is 4.30. The highest BCUT2D eigenvalue weighted by molar-refractivity contribution is 5.90. The first-order valence-corrected chi connectivity index (χ1v) is 7.52. The molecule has 0 fully saturated rings. The number of carbonyl (C=O) groups excluding carboxylic acids is 1. The monoisotopic (exact) mass is 314 g/mol. The van der Waals surface area contributed by atoms with Gasteiger partial charge < -0.3 is 20.1 Å². The quantitative estimate of drug-likeness (QED) is 0.852. The Labute approximate surface area is 136 Å². The number of rotatable bonds is 6. The summed E-state index contributed by atoms with van der Waals surface area (Å²) in [5.74, 6) is 1.42. The maximum absolute atomic E-state index is 12.1. The molecule has 0 saturated heterocycles. The molecule has 0 atom stereocenters. The smallest absolute Gasteiger partial charge is 0.319 e. The van der Waals surface area contributed by atoms with E-state index in [1.54, 1.807) is 7.11 Å². The number of para-hydroxylation sites is 2. The van der Waals surface area contributed by atoms with Crippen LogP contribution in [0.4, 0.5) is 10.5 Å². The second-order valence-corrected chi connectivity index (χ2v) is 5.32. The molecule has 5 heteroatoms. The first-order chi connectivity index (χ1) is 11.1. The highest BCUT2D eigenvalue weighted by Gasteiger charge is 2.08. The van der Waals surface area contributed by atoms with Crippen LogP contribution in [0.25, 0.3) is 0 Å². The Morgan fingerprint density at radius 2 is 1.91 bits per heavy atom. The zero-order valence-corrected chi connectivity index (χ0v) is 13.6. The molecule has 0 spiro atoms. The van der Waals surface area contributed by atoms with Gasteiger partial charge in [0.25, 0.3) is 0 Å². The van der Waals surface area contributed by atoms with E-state index in [1.807, 2.05) is 62.4 Å². The third kappa shape index (κ3) is 5.21. The van der Waals surface area contributed by atoms with E-state index in [1.165, 1.54) is 0 Å². The highest BCUT2D eigenvalue weighted by Crippen LogP contribution is 2.24. The standard InChI is InChI=1S/C18H22N2O3/c1-13(2)23-17-10-5-4-9-16(17)20-18(21)19-12-14-7-6-8-15(11-14)22-3/h4-11,13H,12H2,1-3H3,(H2,19,20,21). The van der Waals surface area contributed by atoms with Gasteiger partial charge in [-0.15, -0.1) is 0 Å². The molecule has 0 aliphatic carbocycles. The summed E-state index contributed by atoms with van der Waals surface area (Å²) in [7, 11) is 1.62. The van der Waals surface area contributed by atoms with Crippen LogP contribution in [0, 0.1) is 0 Å². The van der Waals surface area contributed by atoms with Gasteiger partial charge in [0.05, 0.1) is 18.9 Å². The predicted octanol–water partition coefficient (Wildman–Crippen LogP) is 3.80. The second kappa shape index (κ2) is 8.08. The van der Waals surface area contributed by atoms with Gasteiger partial charge in [-0.25, -0.2) is 4.79 Å². The molecule has 2 aromatic rings. The van der Waals surface area contributed by atoms with E-state index in [-0.39, 0.29) is 12.1 Å². The number of ether oxygens (including phenoxy) is 2. The van der Waals surface area contributed by atoms with Gasteiger partial charge in [0, 0.05) is 6.54 Å². The van der Waals surface area contributed by atoms with Gasteiger partial charge in [0.1, 0.15) is 11.5 Å². The fourth-order valence-electron chi connectivity index (χ4n) is 2.06. The molecule has 23 heavy (non-hydrogen) atoms. The molecule has 0 unspecified atom stereocenters. The zero-order chi connectivity index (χ0) is 16.7. The normalized spacial score (nSPS) is 10.3. The highest BCUT2D eigenvalue weighted by atomic mass is 16.5. The molecular weight excluding hydrogens is 292 g/mol. The van der Waals surface area contributed by atoms with Crippen LogP contribution in [-0.4, -0.2) is 19.2 Å². The van der Waals surface area contributed by atoms with Crippen LogP contribution in [-0.2, 0) is 6.54 Å². The van der Waals surface area contributed by atoms with Crippen molar-refractivity contribution in [2.24, 2.45) is 0 Å². The van der Waals surface area contributed by atoms with Crippen LogP contribution in [0.2, 0.25) is 0 Å². The van der Waals surface area contributed by atoms with Crippen molar-refractivity contribution >= 4 is 11.7 Å². The minimum atomic E-state index is -0.285. The van der Waals surface area contributed by atoms with Crippen molar-refractivity contribution in [2.75, 3.05) is 12.4 Å². The number of methoxy groups -OCH3 is 1. The summed E-state index contributed by atoms with van der Waals surface area (Å²) >= 11 is 0. The molecule has 0 aliphatic heterocycles. The third-order valence-corrected chi connectivity index (χ3v) is 3.09. The molecule has 0 saturated carbocycles. The Morgan fingerprint density at radius 3 is 2.65 bits per heavy atom. The maximum atomic E-state index is 12.1. The van der Waals surface area contributed by atoms with E-state index in [4.69, 9.17) is 9.47 Å². The van der Waals surface area contributed by atoms with Crippen LogP contribution in [0.15, 0.2) is 48.5 Å². The van der Waals surface area contributed by atoms with E-state index in [0.717, 1.165) is 11.3 Å². The Bertz CT molecular complexity index is 656. The molecule has 0 bridgehead atoms. The van der Waals surface area contributed by atoms with E-state index in [0.29, 0.717) is 18.0 Å². The van der Waals surface area contributed by atoms with Crippen molar-refractivity contribution in [3.63, 3.8) is 0 Å². The number of anilines is 1. The fourth-order valence-corrected chi connectivity index (χ4v) is 2.06. The van der Waals surface area contributed by atoms with Crippen LogP contribution in [0.5, 0.6) is 11.5 Å². The number of carbonyl (C=O) groups is 1. The molecule has 2 N–H and O–H groups in total. The molecule has 0 aromatic heterocycles. The number of nitrogens with one attached hydrogen (secondary N) is 2. The van der Waals surface area contributed by atoms with Gasteiger partial charge in [0.2, 0.25) is 0 Å². The molecule has 0 aliphatic rings. The van der Waals surface area contributed by atoms with E-state index in [9.17, 15) is 4.79 Å². The topological polar surface area (TPSA) is 59.6 Å². The van der Waals surface area contributed by atoms with Gasteiger partial charge >= 0.3 is 6.03 Å². The Hall–Kier alpha value is -2.69. The Balaban J connectivity index is 1.94. The largest absolute Gasteiger partial charge is 0.497 e. The average Bonchev–Trinajstić information content (AvgIpc) is 2.54. The zero-order valence-electron chi connectivity index (χ0n) is 13.6. The summed E-state index contributed by atoms with van der Waals surface area (Å²) in [5, 5.41) is 5.63. The van der Waals surface area contributed by atoms with Crippen LogP contribution in [0.3, 0.4) is 0 Å². The van der Waals surface area contributed by atoms with Gasteiger partial charge in [-0.2, -0.15) is 0 Å². The first-order valence-electron chi connectivity index (χ1n) is 7.52. The molecule has 2 rings (SSSR count). The van der Waals surface area contributed by atoms with Crippen molar-refractivity contribution in [1.29, 1.82) is 0 Å². The molecule has 0 radical (unpaired) electrons. The fraction of sp³-hybridized carbons (Fsp3) is 0.278. The number of hydrogen-bond donors (Lipinski definition) is 2. The van der Waals surface area contributed by atoms with Crippen molar-refractivity contribution < 1.29 is 14.3 Å². The molecule has 2 amide bonds. The minimum Gasteiger partial charge on any atom is -0.497 e. The third-order valence-electron chi connectivity index (χ3n) is 3.09. The van der Waals surface area contributed by atoms with Gasteiger partial charge in [-0.1, -0.05) is 24.3 Å². The number of amides is 2. The molecule has 2 aromatic carbocycles. The lowest BCUT2D eigenvalue weighted by molar-refractivity contribution is 0.241. The lowest BCUT2D eigenvalue weighted by Crippen LogP contribution is -2.28. The Kier molecular flexibility index (Phi) is 5.86. The summed E-state index contributed by atoms with van der Waals surface area (Å²) in [4.78, 5) is 12.1. The van der Waals surface area contributed by atoms with E-state index in [2.05, 4.69) is 10.6 Å². The van der Waals surface area contributed by atoms with Crippen LogP contribution in [0.1, 0.15) is 19.4 Å². The van der Waals surface area contributed by atoms with Crippen LogP contribution < -0.4 is 20.1 Å². The lowest BCUT2D eigenvalue weighted by atomic mass is 10.2. The number of hydrogen-bond acceptors (Lipinski definition) is 3. The van der Waals surface area contributed by atoms with E-state index < -0.39 is 0 Å². The first kappa shape index (κ1) is 16.7. The number of urea groups is 1. The second-order valence-electron chi connectivity index (χ2n) is 5.32. The van der Waals surface area contributed by atoms with Gasteiger partial charge in [0.15, 0.2) is 0 Å². The molecule has 122 valence electrons. The molecule has 0 heterocycles. The predicted molar refractivity (Wildman–Crippen MR) is 91.1 cm³/mol.